The highest BCUT2D eigenvalue weighted by Gasteiger charge is 2.26. The number of aliphatic hydroxyl groups excluding tert-OH is 1. The van der Waals surface area contributed by atoms with Gasteiger partial charge in [-0.2, -0.15) is 0 Å². The second-order valence-corrected chi connectivity index (χ2v) is 4.71. The van der Waals surface area contributed by atoms with Gasteiger partial charge in [-0.3, -0.25) is 4.98 Å². The van der Waals surface area contributed by atoms with Crippen LogP contribution in [0.25, 0.3) is 0 Å². The van der Waals surface area contributed by atoms with Gasteiger partial charge in [0.2, 0.25) is 0 Å². The summed E-state index contributed by atoms with van der Waals surface area (Å²) in [6.45, 7) is 3.37. The molecule has 2 rings (SSSR count). The molecule has 3 nitrogen and oxygen atoms in total. The molecule has 1 saturated carbocycles. The summed E-state index contributed by atoms with van der Waals surface area (Å²) < 4.78 is 0. The zero-order valence-electron chi connectivity index (χ0n) is 9.82. The maximum absolute atomic E-state index is 9.25. The molecule has 1 aliphatic rings. The van der Waals surface area contributed by atoms with E-state index >= 15 is 0 Å². The Kier molecular flexibility index (Phi) is 3.78. The number of hydrogen-bond acceptors (Lipinski definition) is 3. The van der Waals surface area contributed by atoms with Gasteiger partial charge < -0.3 is 10.4 Å². The maximum atomic E-state index is 9.25. The standard InChI is InChI=1S/C13H20N2O/c1-10-7-14-6-5-13(10)15-8-11-3-2-4-12(11)9-16/h5-7,11-12,16H,2-4,8-9H2,1H3,(H,14,15). The SMILES string of the molecule is Cc1cnccc1NCC1CCCC1CO. The first-order chi connectivity index (χ1) is 7.81. The second kappa shape index (κ2) is 5.30. The van der Waals surface area contributed by atoms with Crippen LogP contribution in [-0.4, -0.2) is 23.2 Å². The summed E-state index contributed by atoms with van der Waals surface area (Å²) in [4.78, 5) is 4.08. The van der Waals surface area contributed by atoms with Crippen LogP contribution in [0.3, 0.4) is 0 Å². The summed E-state index contributed by atoms with van der Waals surface area (Å²) in [5, 5.41) is 12.7. The summed E-state index contributed by atoms with van der Waals surface area (Å²) in [7, 11) is 0. The zero-order valence-corrected chi connectivity index (χ0v) is 9.82. The molecule has 0 aromatic carbocycles. The van der Waals surface area contributed by atoms with Gasteiger partial charge in [0.15, 0.2) is 0 Å². The Morgan fingerprint density at radius 3 is 3.00 bits per heavy atom. The molecule has 1 aromatic rings. The lowest BCUT2D eigenvalue weighted by Gasteiger charge is -2.19. The number of nitrogens with one attached hydrogen (secondary N) is 1. The smallest absolute Gasteiger partial charge is 0.0462 e. The van der Waals surface area contributed by atoms with Crippen LogP contribution >= 0.6 is 0 Å². The topological polar surface area (TPSA) is 45.2 Å². The molecule has 0 saturated heterocycles. The molecule has 2 unspecified atom stereocenters. The van der Waals surface area contributed by atoms with Crippen molar-refractivity contribution in [1.82, 2.24) is 4.98 Å². The Morgan fingerprint density at radius 1 is 1.44 bits per heavy atom. The first kappa shape index (κ1) is 11.4. The Bertz CT molecular complexity index is 340. The summed E-state index contributed by atoms with van der Waals surface area (Å²) >= 11 is 0. The van der Waals surface area contributed by atoms with Crippen molar-refractivity contribution in [2.24, 2.45) is 11.8 Å². The molecule has 0 amide bonds. The van der Waals surface area contributed by atoms with Crippen molar-refractivity contribution in [3.63, 3.8) is 0 Å². The highest BCUT2D eigenvalue weighted by atomic mass is 16.3. The first-order valence-corrected chi connectivity index (χ1v) is 6.06. The van der Waals surface area contributed by atoms with E-state index in [2.05, 4.69) is 17.2 Å². The molecule has 3 heteroatoms. The molecule has 2 atom stereocenters. The quantitative estimate of drug-likeness (QED) is 0.817. The third-order valence-corrected chi connectivity index (χ3v) is 3.63. The molecular weight excluding hydrogens is 200 g/mol. The van der Waals surface area contributed by atoms with E-state index in [0.29, 0.717) is 18.4 Å². The van der Waals surface area contributed by atoms with Gasteiger partial charge in [0, 0.05) is 31.2 Å². The number of rotatable bonds is 4. The van der Waals surface area contributed by atoms with E-state index in [-0.39, 0.29) is 0 Å². The Labute approximate surface area is 96.9 Å². The van der Waals surface area contributed by atoms with Crippen molar-refractivity contribution in [3.05, 3.63) is 24.0 Å². The molecule has 0 bridgehead atoms. The third kappa shape index (κ3) is 2.53. The molecule has 0 aliphatic heterocycles. The van der Waals surface area contributed by atoms with Crippen molar-refractivity contribution in [2.45, 2.75) is 26.2 Å². The van der Waals surface area contributed by atoms with Gasteiger partial charge in [-0.1, -0.05) is 6.42 Å². The highest BCUT2D eigenvalue weighted by Crippen LogP contribution is 2.31. The van der Waals surface area contributed by atoms with Crippen molar-refractivity contribution >= 4 is 5.69 Å². The zero-order chi connectivity index (χ0) is 11.4. The third-order valence-electron chi connectivity index (χ3n) is 3.63. The van der Waals surface area contributed by atoms with Crippen molar-refractivity contribution in [3.8, 4) is 0 Å². The number of aliphatic hydroxyl groups is 1. The lowest BCUT2D eigenvalue weighted by Crippen LogP contribution is -2.21. The summed E-state index contributed by atoms with van der Waals surface area (Å²) in [6.07, 6.45) is 7.36. The first-order valence-electron chi connectivity index (χ1n) is 6.06. The van der Waals surface area contributed by atoms with E-state index in [9.17, 15) is 5.11 Å². The largest absolute Gasteiger partial charge is 0.396 e. The van der Waals surface area contributed by atoms with Gasteiger partial charge in [-0.25, -0.2) is 0 Å². The van der Waals surface area contributed by atoms with Gasteiger partial charge in [0.1, 0.15) is 0 Å². The van der Waals surface area contributed by atoms with E-state index in [1.165, 1.54) is 30.5 Å². The summed E-state index contributed by atoms with van der Waals surface area (Å²) in [5.74, 6) is 1.12. The Balaban J connectivity index is 1.90. The Morgan fingerprint density at radius 2 is 2.25 bits per heavy atom. The number of hydrogen-bond donors (Lipinski definition) is 2. The van der Waals surface area contributed by atoms with Gasteiger partial charge in [-0.15, -0.1) is 0 Å². The second-order valence-electron chi connectivity index (χ2n) is 4.71. The predicted molar refractivity (Wildman–Crippen MR) is 65.4 cm³/mol. The molecule has 88 valence electrons. The lowest BCUT2D eigenvalue weighted by molar-refractivity contribution is 0.199. The monoisotopic (exact) mass is 220 g/mol. The van der Waals surface area contributed by atoms with Crippen LogP contribution in [0.2, 0.25) is 0 Å². The average Bonchev–Trinajstić information content (AvgIpc) is 2.75. The van der Waals surface area contributed by atoms with Crippen molar-refractivity contribution in [1.29, 1.82) is 0 Å². The molecule has 1 fully saturated rings. The van der Waals surface area contributed by atoms with Crippen LogP contribution in [0.15, 0.2) is 18.5 Å². The highest BCUT2D eigenvalue weighted by molar-refractivity contribution is 5.48. The molecule has 16 heavy (non-hydrogen) atoms. The molecular formula is C13H20N2O. The van der Waals surface area contributed by atoms with Gasteiger partial charge in [-0.05, 0) is 43.2 Å². The van der Waals surface area contributed by atoms with Gasteiger partial charge >= 0.3 is 0 Å². The fourth-order valence-corrected chi connectivity index (χ4v) is 2.54. The summed E-state index contributed by atoms with van der Waals surface area (Å²) in [6, 6.07) is 2.01. The lowest BCUT2D eigenvalue weighted by atomic mass is 9.97. The van der Waals surface area contributed by atoms with E-state index in [0.717, 1.165) is 6.54 Å². The van der Waals surface area contributed by atoms with Crippen molar-refractivity contribution in [2.75, 3.05) is 18.5 Å². The number of pyridine rings is 1. The van der Waals surface area contributed by atoms with E-state index in [4.69, 9.17) is 0 Å². The van der Waals surface area contributed by atoms with Crippen LogP contribution in [0.5, 0.6) is 0 Å². The normalized spacial score (nSPS) is 24.6. The average molecular weight is 220 g/mol. The minimum atomic E-state index is 0.335. The molecule has 1 aromatic heterocycles. The number of aryl methyl sites for hydroxylation is 1. The maximum Gasteiger partial charge on any atom is 0.0462 e. The van der Waals surface area contributed by atoms with Crippen LogP contribution in [-0.2, 0) is 0 Å². The van der Waals surface area contributed by atoms with E-state index < -0.39 is 0 Å². The van der Waals surface area contributed by atoms with Crippen LogP contribution in [0, 0.1) is 18.8 Å². The van der Waals surface area contributed by atoms with E-state index in [1.807, 2.05) is 18.5 Å². The molecule has 0 spiro atoms. The van der Waals surface area contributed by atoms with Crippen LogP contribution < -0.4 is 5.32 Å². The minimum absolute atomic E-state index is 0.335. The van der Waals surface area contributed by atoms with Gasteiger partial charge in [0.05, 0.1) is 0 Å². The van der Waals surface area contributed by atoms with Crippen LogP contribution in [0.1, 0.15) is 24.8 Å². The number of aromatic nitrogens is 1. The van der Waals surface area contributed by atoms with Crippen molar-refractivity contribution < 1.29 is 5.11 Å². The minimum Gasteiger partial charge on any atom is -0.396 e. The van der Waals surface area contributed by atoms with Crippen LogP contribution in [0.4, 0.5) is 5.69 Å². The fraction of sp³-hybridized carbons (Fsp3) is 0.615. The molecule has 1 heterocycles. The molecule has 1 aliphatic carbocycles. The van der Waals surface area contributed by atoms with Gasteiger partial charge in [0.25, 0.3) is 0 Å². The predicted octanol–water partition coefficient (Wildman–Crippen LogP) is 2.21. The van der Waals surface area contributed by atoms with E-state index in [1.54, 1.807) is 0 Å². The number of anilines is 1. The summed E-state index contributed by atoms with van der Waals surface area (Å²) in [5.41, 5.74) is 2.35. The number of nitrogens with zero attached hydrogens (tertiary/aromatic N) is 1. The molecule has 0 radical (unpaired) electrons. The molecule has 2 N–H and O–H groups in total. The Hall–Kier alpha value is -1.09. The fourth-order valence-electron chi connectivity index (χ4n) is 2.54.